The van der Waals surface area contributed by atoms with Crippen molar-refractivity contribution in [1.29, 1.82) is 0 Å². The van der Waals surface area contributed by atoms with E-state index in [0.717, 1.165) is 11.1 Å². The molecule has 0 saturated heterocycles. The molecule has 3 nitrogen and oxygen atoms in total. The van der Waals surface area contributed by atoms with E-state index in [9.17, 15) is 0 Å². The number of methoxy groups -OCH3 is 1. The van der Waals surface area contributed by atoms with Crippen molar-refractivity contribution in [2.45, 2.75) is 13.2 Å². The number of ether oxygens (including phenoxy) is 1. The van der Waals surface area contributed by atoms with Crippen LogP contribution in [0.2, 0.25) is 0 Å². The third kappa shape index (κ3) is 1.37. The van der Waals surface area contributed by atoms with Crippen molar-refractivity contribution in [1.82, 2.24) is 0 Å². The Kier molecular flexibility index (Phi) is 2.48. The van der Waals surface area contributed by atoms with E-state index in [2.05, 4.69) is 0 Å². The highest BCUT2D eigenvalue weighted by atomic mass is 16.5. The summed E-state index contributed by atoms with van der Waals surface area (Å²) in [6.07, 6.45) is 3.10. The molecular weight excluding hydrogens is 132 g/mol. The van der Waals surface area contributed by atoms with E-state index >= 15 is 0 Å². The molecule has 1 N–H and O–H groups in total. The quantitative estimate of drug-likeness (QED) is 0.682. The van der Waals surface area contributed by atoms with Gasteiger partial charge in [0.1, 0.15) is 0 Å². The Hall–Kier alpha value is -0.800. The molecular formula is C7H10O3. The number of hydrogen-bond acceptors (Lipinski definition) is 3. The van der Waals surface area contributed by atoms with E-state index in [4.69, 9.17) is 14.3 Å². The van der Waals surface area contributed by atoms with Gasteiger partial charge in [0.15, 0.2) is 0 Å². The summed E-state index contributed by atoms with van der Waals surface area (Å²) >= 11 is 0. The lowest BCUT2D eigenvalue weighted by Gasteiger charge is -1.95. The topological polar surface area (TPSA) is 42.6 Å². The first-order valence-electron chi connectivity index (χ1n) is 3.02. The van der Waals surface area contributed by atoms with E-state index in [1.165, 1.54) is 6.26 Å². The number of hydrogen-bond donors (Lipinski definition) is 1. The van der Waals surface area contributed by atoms with Gasteiger partial charge in [-0.3, -0.25) is 0 Å². The molecule has 0 radical (unpaired) electrons. The molecule has 56 valence electrons. The molecule has 0 amide bonds. The predicted octanol–water partition coefficient (Wildman–Crippen LogP) is 0.918. The van der Waals surface area contributed by atoms with Crippen molar-refractivity contribution in [3.05, 3.63) is 23.7 Å². The second-order valence-electron chi connectivity index (χ2n) is 2.01. The third-order valence-electron chi connectivity index (χ3n) is 1.30. The molecule has 0 unspecified atom stereocenters. The summed E-state index contributed by atoms with van der Waals surface area (Å²) in [6, 6.07) is 0. The molecule has 1 aromatic heterocycles. The Morgan fingerprint density at radius 1 is 1.50 bits per heavy atom. The molecule has 0 aliphatic heterocycles. The summed E-state index contributed by atoms with van der Waals surface area (Å²) in [5.74, 6) is 0. The maximum atomic E-state index is 8.72. The van der Waals surface area contributed by atoms with E-state index in [-0.39, 0.29) is 6.61 Å². The van der Waals surface area contributed by atoms with Gasteiger partial charge in [-0.2, -0.15) is 0 Å². The van der Waals surface area contributed by atoms with Gasteiger partial charge in [0.25, 0.3) is 0 Å². The Bertz CT molecular complexity index is 192. The Morgan fingerprint density at radius 2 is 2.20 bits per heavy atom. The van der Waals surface area contributed by atoms with Gasteiger partial charge >= 0.3 is 0 Å². The van der Waals surface area contributed by atoms with Crippen molar-refractivity contribution >= 4 is 0 Å². The SMILES string of the molecule is COCc1cocc1CO. The van der Waals surface area contributed by atoms with Crippen molar-refractivity contribution < 1.29 is 14.3 Å². The summed E-state index contributed by atoms with van der Waals surface area (Å²) in [4.78, 5) is 0. The van der Waals surface area contributed by atoms with Crippen LogP contribution in [-0.2, 0) is 18.0 Å². The second-order valence-corrected chi connectivity index (χ2v) is 2.01. The fraction of sp³-hybridized carbons (Fsp3) is 0.429. The first-order valence-corrected chi connectivity index (χ1v) is 3.02. The molecule has 1 rings (SSSR count). The molecule has 3 heteroatoms. The van der Waals surface area contributed by atoms with Crippen LogP contribution in [0.1, 0.15) is 11.1 Å². The standard InChI is InChI=1S/C7H10O3/c1-9-3-7-5-10-4-6(7)2-8/h4-5,8H,2-3H2,1H3. The Labute approximate surface area is 59.2 Å². The molecule has 0 fully saturated rings. The van der Waals surface area contributed by atoms with Crippen LogP contribution in [0, 0.1) is 0 Å². The minimum absolute atomic E-state index is 0.00912. The summed E-state index contributed by atoms with van der Waals surface area (Å²) in [6.45, 7) is 0.502. The van der Waals surface area contributed by atoms with Crippen LogP contribution < -0.4 is 0 Å². The zero-order valence-electron chi connectivity index (χ0n) is 5.83. The zero-order chi connectivity index (χ0) is 7.40. The van der Waals surface area contributed by atoms with E-state index in [1.54, 1.807) is 13.4 Å². The van der Waals surface area contributed by atoms with Gasteiger partial charge in [0, 0.05) is 18.2 Å². The monoisotopic (exact) mass is 142 g/mol. The molecule has 0 saturated carbocycles. The van der Waals surface area contributed by atoms with Gasteiger partial charge in [0.05, 0.1) is 25.7 Å². The highest BCUT2D eigenvalue weighted by Gasteiger charge is 2.01. The lowest BCUT2D eigenvalue weighted by molar-refractivity contribution is 0.181. The summed E-state index contributed by atoms with van der Waals surface area (Å²) < 4.78 is 9.71. The lowest BCUT2D eigenvalue weighted by atomic mass is 10.2. The molecule has 0 aliphatic rings. The van der Waals surface area contributed by atoms with Gasteiger partial charge in [0.2, 0.25) is 0 Å². The van der Waals surface area contributed by atoms with Gasteiger partial charge in [-0.05, 0) is 0 Å². The highest BCUT2D eigenvalue weighted by Crippen LogP contribution is 2.10. The number of aliphatic hydroxyl groups excluding tert-OH is 1. The fourth-order valence-corrected chi connectivity index (χ4v) is 0.771. The maximum absolute atomic E-state index is 8.72. The maximum Gasteiger partial charge on any atom is 0.0961 e. The van der Waals surface area contributed by atoms with Gasteiger partial charge in [-0.1, -0.05) is 0 Å². The molecule has 0 bridgehead atoms. The van der Waals surface area contributed by atoms with Crippen LogP contribution in [0.3, 0.4) is 0 Å². The molecule has 0 spiro atoms. The molecule has 1 heterocycles. The summed E-state index contributed by atoms with van der Waals surface area (Å²) in [7, 11) is 1.61. The molecule has 10 heavy (non-hydrogen) atoms. The number of furan rings is 1. The second kappa shape index (κ2) is 3.39. The smallest absolute Gasteiger partial charge is 0.0961 e. The van der Waals surface area contributed by atoms with E-state index < -0.39 is 0 Å². The first-order chi connectivity index (χ1) is 4.88. The number of aliphatic hydroxyl groups is 1. The molecule has 0 aliphatic carbocycles. The minimum atomic E-state index is 0.00912. The van der Waals surface area contributed by atoms with Crippen LogP contribution in [-0.4, -0.2) is 12.2 Å². The Morgan fingerprint density at radius 3 is 2.80 bits per heavy atom. The van der Waals surface area contributed by atoms with Crippen LogP contribution in [0.5, 0.6) is 0 Å². The Balaban J connectivity index is 2.70. The normalized spacial score (nSPS) is 10.2. The van der Waals surface area contributed by atoms with Gasteiger partial charge in [-0.25, -0.2) is 0 Å². The highest BCUT2D eigenvalue weighted by molar-refractivity contribution is 5.18. The minimum Gasteiger partial charge on any atom is -0.472 e. The zero-order valence-corrected chi connectivity index (χ0v) is 5.83. The van der Waals surface area contributed by atoms with Gasteiger partial charge < -0.3 is 14.3 Å². The van der Waals surface area contributed by atoms with Crippen LogP contribution in [0.4, 0.5) is 0 Å². The van der Waals surface area contributed by atoms with Crippen LogP contribution in [0.15, 0.2) is 16.9 Å². The average molecular weight is 142 g/mol. The molecule has 0 aromatic carbocycles. The number of rotatable bonds is 3. The van der Waals surface area contributed by atoms with Gasteiger partial charge in [-0.15, -0.1) is 0 Å². The van der Waals surface area contributed by atoms with E-state index in [0.29, 0.717) is 6.61 Å². The fourth-order valence-electron chi connectivity index (χ4n) is 0.771. The largest absolute Gasteiger partial charge is 0.472 e. The average Bonchev–Trinajstić information content (AvgIpc) is 2.36. The van der Waals surface area contributed by atoms with Crippen molar-refractivity contribution in [3.8, 4) is 0 Å². The van der Waals surface area contributed by atoms with Crippen LogP contribution >= 0.6 is 0 Å². The summed E-state index contributed by atoms with van der Waals surface area (Å²) in [5.41, 5.74) is 1.70. The summed E-state index contributed by atoms with van der Waals surface area (Å²) in [5, 5.41) is 8.72. The molecule has 1 aromatic rings. The first kappa shape index (κ1) is 7.31. The third-order valence-corrected chi connectivity index (χ3v) is 1.30. The van der Waals surface area contributed by atoms with Crippen molar-refractivity contribution in [3.63, 3.8) is 0 Å². The van der Waals surface area contributed by atoms with Crippen LogP contribution in [0.25, 0.3) is 0 Å². The molecule has 0 atom stereocenters. The lowest BCUT2D eigenvalue weighted by Crippen LogP contribution is -1.90. The predicted molar refractivity (Wildman–Crippen MR) is 35.3 cm³/mol. The van der Waals surface area contributed by atoms with Crippen molar-refractivity contribution in [2.75, 3.05) is 7.11 Å². The van der Waals surface area contributed by atoms with E-state index in [1.807, 2.05) is 0 Å². The van der Waals surface area contributed by atoms with Crippen molar-refractivity contribution in [2.24, 2.45) is 0 Å².